The third-order valence-electron chi connectivity index (χ3n) is 8.52. The Morgan fingerprint density at radius 3 is 2.05 bits per heavy atom. The van der Waals surface area contributed by atoms with Crippen molar-refractivity contribution in [2.75, 3.05) is 13.2 Å². The zero-order valence-electron chi connectivity index (χ0n) is 23.4. The van der Waals surface area contributed by atoms with Gasteiger partial charge in [-0.1, -0.05) is 56.9 Å². The average molecular weight is 565 g/mol. The van der Waals surface area contributed by atoms with Crippen LogP contribution in [-0.4, -0.2) is 19.5 Å². The molecule has 2 nitrogen and oxygen atoms in total. The van der Waals surface area contributed by atoms with Crippen LogP contribution in [0.4, 0.5) is 22.0 Å². The van der Waals surface area contributed by atoms with Crippen molar-refractivity contribution in [1.82, 2.24) is 0 Å². The fourth-order valence-corrected chi connectivity index (χ4v) is 6.01. The molecule has 0 atom stereocenters. The molecule has 2 aromatic carbocycles. The zero-order valence-corrected chi connectivity index (χ0v) is 23.4. The molecule has 1 saturated heterocycles. The zero-order chi connectivity index (χ0) is 28.5. The molecule has 2 aromatic rings. The molecule has 1 heterocycles. The van der Waals surface area contributed by atoms with Crippen LogP contribution in [0.1, 0.15) is 100 Å². The van der Waals surface area contributed by atoms with Crippen LogP contribution in [0.5, 0.6) is 0 Å². The fraction of sp³-hybridized carbons (Fsp3) is 0.576. The molecule has 4 rings (SSSR count). The van der Waals surface area contributed by atoms with Gasteiger partial charge in [-0.3, -0.25) is 0 Å². The van der Waals surface area contributed by atoms with Crippen molar-refractivity contribution in [2.45, 2.75) is 96.2 Å². The number of ether oxygens (including phenoxy) is 2. The number of hydrogen-bond acceptors (Lipinski definition) is 2. The van der Waals surface area contributed by atoms with Crippen LogP contribution in [-0.2, 0) is 15.9 Å². The third kappa shape index (κ3) is 8.39. The summed E-state index contributed by atoms with van der Waals surface area (Å²) in [4.78, 5) is 0. The Morgan fingerprint density at radius 1 is 0.800 bits per heavy atom. The first kappa shape index (κ1) is 30.7. The van der Waals surface area contributed by atoms with E-state index in [-0.39, 0.29) is 6.42 Å². The van der Waals surface area contributed by atoms with Gasteiger partial charge in [0.2, 0.25) is 0 Å². The first-order valence-electron chi connectivity index (χ1n) is 14.9. The molecule has 7 heteroatoms. The highest BCUT2D eigenvalue weighted by Crippen LogP contribution is 2.40. The number of unbranched alkanes of at least 4 members (excludes halogenated alkanes) is 4. The summed E-state index contributed by atoms with van der Waals surface area (Å²) in [6.45, 7) is 3.29. The van der Waals surface area contributed by atoms with Gasteiger partial charge in [0.25, 0.3) is 0 Å². The second-order valence-electron chi connectivity index (χ2n) is 11.4. The second kappa shape index (κ2) is 15.1. The van der Waals surface area contributed by atoms with E-state index in [9.17, 15) is 22.0 Å². The van der Waals surface area contributed by atoms with Crippen LogP contribution >= 0.6 is 0 Å². The molecule has 2 aliphatic rings. The third-order valence-corrected chi connectivity index (χ3v) is 8.52. The summed E-state index contributed by atoms with van der Waals surface area (Å²) in [7, 11) is 0. The summed E-state index contributed by atoms with van der Waals surface area (Å²) in [6, 6.07) is 9.29. The van der Waals surface area contributed by atoms with Crippen molar-refractivity contribution >= 4 is 5.83 Å². The van der Waals surface area contributed by atoms with Crippen molar-refractivity contribution in [1.29, 1.82) is 0 Å². The van der Waals surface area contributed by atoms with Gasteiger partial charge in [-0.05, 0) is 73.6 Å². The van der Waals surface area contributed by atoms with E-state index in [1.165, 1.54) is 5.56 Å². The van der Waals surface area contributed by atoms with Gasteiger partial charge in [0.1, 0.15) is 5.83 Å². The summed E-state index contributed by atoms with van der Waals surface area (Å²) in [5.74, 6) is -4.03. The first-order chi connectivity index (χ1) is 19.4. The van der Waals surface area contributed by atoms with E-state index < -0.39 is 35.4 Å². The van der Waals surface area contributed by atoms with Crippen LogP contribution in [0.3, 0.4) is 0 Å². The summed E-state index contributed by atoms with van der Waals surface area (Å²) in [6.07, 6.45) is 9.56. The van der Waals surface area contributed by atoms with Crippen molar-refractivity contribution < 1.29 is 31.4 Å². The molecule has 220 valence electrons. The lowest BCUT2D eigenvalue weighted by molar-refractivity contribution is -0.211. The van der Waals surface area contributed by atoms with Crippen molar-refractivity contribution in [3.8, 4) is 0 Å². The molecular weight excluding hydrogens is 523 g/mol. The Hall–Kier alpha value is -2.25. The van der Waals surface area contributed by atoms with Crippen molar-refractivity contribution in [3.63, 3.8) is 0 Å². The summed E-state index contributed by atoms with van der Waals surface area (Å²) >= 11 is 0. The van der Waals surface area contributed by atoms with Crippen molar-refractivity contribution in [2.24, 2.45) is 11.8 Å². The minimum atomic E-state index is -1.45. The molecule has 2 fully saturated rings. The molecule has 0 bridgehead atoms. The SMILES string of the molecule is CCCCCCC/C(F)=C(\F)c1ccc(C2CCC(C3COC(CCc4cc(F)c(F)c(F)c4)OC3)CC2)cc1. The summed E-state index contributed by atoms with van der Waals surface area (Å²) < 4.78 is 80.7. The molecule has 0 N–H and O–H groups in total. The Morgan fingerprint density at radius 2 is 1.43 bits per heavy atom. The monoisotopic (exact) mass is 564 g/mol. The van der Waals surface area contributed by atoms with E-state index in [4.69, 9.17) is 9.47 Å². The minimum Gasteiger partial charge on any atom is -0.352 e. The van der Waals surface area contributed by atoms with Gasteiger partial charge < -0.3 is 9.47 Å². The number of aryl methyl sites for hydroxylation is 1. The van der Waals surface area contributed by atoms with E-state index in [1.54, 1.807) is 12.1 Å². The Bertz CT molecular complexity index is 1080. The highest BCUT2D eigenvalue weighted by molar-refractivity contribution is 5.61. The summed E-state index contributed by atoms with van der Waals surface area (Å²) in [5, 5.41) is 0. The highest BCUT2D eigenvalue weighted by Gasteiger charge is 2.32. The van der Waals surface area contributed by atoms with Crippen molar-refractivity contribution in [3.05, 3.63) is 76.4 Å². The van der Waals surface area contributed by atoms with Gasteiger partial charge in [0.05, 0.1) is 13.2 Å². The second-order valence-corrected chi connectivity index (χ2v) is 11.4. The van der Waals surface area contributed by atoms with E-state index in [2.05, 4.69) is 6.92 Å². The molecule has 0 aromatic heterocycles. The summed E-state index contributed by atoms with van der Waals surface area (Å²) in [5.41, 5.74) is 1.85. The van der Waals surface area contributed by atoms with E-state index in [0.717, 1.165) is 63.5 Å². The number of rotatable bonds is 12. The molecule has 0 amide bonds. The lowest BCUT2D eigenvalue weighted by Gasteiger charge is -2.38. The topological polar surface area (TPSA) is 18.5 Å². The fourth-order valence-electron chi connectivity index (χ4n) is 6.01. The van der Waals surface area contributed by atoms with Crippen LogP contribution in [0.15, 0.2) is 42.2 Å². The molecule has 0 unspecified atom stereocenters. The van der Waals surface area contributed by atoms with Gasteiger partial charge in [-0.25, -0.2) is 22.0 Å². The van der Waals surface area contributed by atoms with Gasteiger partial charge in [-0.15, -0.1) is 0 Å². The Balaban J connectivity index is 1.18. The highest BCUT2D eigenvalue weighted by atomic mass is 19.2. The lowest BCUT2D eigenvalue weighted by Crippen LogP contribution is -2.37. The molecule has 40 heavy (non-hydrogen) atoms. The average Bonchev–Trinajstić information content (AvgIpc) is 2.98. The molecule has 0 radical (unpaired) electrons. The van der Waals surface area contributed by atoms with Gasteiger partial charge in [-0.2, -0.15) is 0 Å². The minimum absolute atomic E-state index is 0.158. The van der Waals surface area contributed by atoms with Crippen LogP contribution < -0.4 is 0 Å². The lowest BCUT2D eigenvalue weighted by atomic mass is 9.74. The number of benzene rings is 2. The number of halogens is 5. The first-order valence-corrected chi connectivity index (χ1v) is 14.9. The molecule has 1 aliphatic heterocycles. The molecule has 1 saturated carbocycles. The van der Waals surface area contributed by atoms with Crippen LogP contribution in [0, 0.1) is 29.3 Å². The Kier molecular flexibility index (Phi) is 11.6. The maximum Gasteiger partial charge on any atom is 0.194 e. The van der Waals surface area contributed by atoms with Crippen LogP contribution in [0.25, 0.3) is 5.83 Å². The van der Waals surface area contributed by atoms with Gasteiger partial charge >= 0.3 is 0 Å². The normalized spacial score (nSPS) is 24.1. The maximum absolute atomic E-state index is 14.6. The van der Waals surface area contributed by atoms with Gasteiger partial charge in [0, 0.05) is 24.3 Å². The number of allylic oxidation sites excluding steroid dienone is 1. The van der Waals surface area contributed by atoms with E-state index in [0.29, 0.717) is 61.4 Å². The van der Waals surface area contributed by atoms with Crippen LogP contribution in [0.2, 0.25) is 0 Å². The quantitative estimate of drug-likeness (QED) is 0.145. The molecule has 0 spiro atoms. The maximum atomic E-state index is 14.6. The largest absolute Gasteiger partial charge is 0.352 e. The predicted molar refractivity (Wildman–Crippen MR) is 147 cm³/mol. The van der Waals surface area contributed by atoms with E-state index >= 15 is 0 Å². The Labute approximate surface area is 235 Å². The predicted octanol–water partition coefficient (Wildman–Crippen LogP) is 9.97. The smallest absolute Gasteiger partial charge is 0.194 e. The number of hydrogen-bond donors (Lipinski definition) is 0. The van der Waals surface area contributed by atoms with E-state index in [1.807, 2.05) is 12.1 Å². The molecule has 1 aliphatic carbocycles. The van der Waals surface area contributed by atoms with Gasteiger partial charge in [0.15, 0.2) is 29.6 Å². The molecular formula is C33H41F5O2. The standard InChI is InChI=1S/C33H41F5O2/c1-2-3-4-5-6-7-28(34)32(37)26-15-13-24(14-16-26)23-9-11-25(12-10-23)27-20-39-31(40-21-27)17-8-22-18-29(35)33(38)30(36)19-22/h13-16,18-19,23,25,27,31H,2-12,17,20-21H2,1H3/b32-28+.